The molecule has 1 aliphatic rings. The van der Waals surface area contributed by atoms with Crippen molar-refractivity contribution >= 4 is 10.1 Å². The molecular weight excluding hydrogens is 346 g/mol. The summed E-state index contributed by atoms with van der Waals surface area (Å²) in [4.78, 5) is 0. The summed E-state index contributed by atoms with van der Waals surface area (Å²) >= 11 is 0. The Balaban J connectivity index is 1.94. The van der Waals surface area contributed by atoms with Gasteiger partial charge in [0, 0.05) is 5.41 Å². The van der Waals surface area contributed by atoms with Gasteiger partial charge in [0.25, 0.3) is 10.1 Å². The molecule has 3 rings (SSSR count). The summed E-state index contributed by atoms with van der Waals surface area (Å²) < 4.78 is 54.6. The van der Waals surface area contributed by atoms with Gasteiger partial charge in [-0.3, -0.25) is 4.18 Å². The molecule has 1 saturated carbocycles. The summed E-state index contributed by atoms with van der Waals surface area (Å²) in [6.07, 6.45) is 3.09. The van der Waals surface area contributed by atoms with Gasteiger partial charge in [0.15, 0.2) is 0 Å². The molecule has 0 aliphatic heterocycles. The second-order valence-corrected chi connectivity index (χ2v) is 8.20. The lowest BCUT2D eigenvalue weighted by Crippen LogP contribution is -2.36. The Morgan fingerprint density at radius 2 is 1.28 bits per heavy atom. The Morgan fingerprint density at radius 1 is 0.880 bits per heavy atom. The van der Waals surface area contributed by atoms with E-state index in [9.17, 15) is 17.2 Å². The Labute approximate surface area is 146 Å². The van der Waals surface area contributed by atoms with Crippen LogP contribution in [0, 0.1) is 11.6 Å². The van der Waals surface area contributed by atoms with E-state index in [4.69, 9.17) is 4.18 Å². The second kappa shape index (κ2) is 6.84. The van der Waals surface area contributed by atoms with Gasteiger partial charge in [0.05, 0.1) is 12.4 Å². The fourth-order valence-corrected chi connectivity index (χ4v) is 4.40. The lowest BCUT2D eigenvalue weighted by atomic mass is 9.65. The van der Waals surface area contributed by atoms with Crippen LogP contribution >= 0.6 is 0 Å². The predicted molar refractivity (Wildman–Crippen MR) is 91.8 cm³/mol. The van der Waals surface area contributed by atoms with Gasteiger partial charge in [-0.1, -0.05) is 24.3 Å². The maximum absolute atomic E-state index is 13.3. The average Bonchev–Trinajstić information content (AvgIpc) is 2.56. The minimum Gasteiger partial charge on any atom is -0.267 e. The molecule has 0 saturated heterocycles. The first-order valence-corrected chi connectivity index (χ1v) is 10.0. The smallest absolute Gasteiger partial charge is 0.264 e. The molecule has 0 spiro atoms. The van der Waals surface area contributed by atoms with E-state index in [0.717, 1.165) is 17.4 Å². The van der Waals surface area contributed by atoms with E-state index in [-0.39, 0.29) is 17.7 Å². The van der Waals surface area contributed by atoms with Crippen molar-refractivity contribution in [3.63, 3.8) is 0 Å². The van der Waals surface area contributed by atoms with Gasteiger partial charge >= 0.3 is 0 Å². The normalized spacial score (nSPS) is 18.2. The van der Waals surface area contributed by atoms with Crippen molar-refractivity contribution in [2.24, 2.45) is 0 Å². The highest BCUT2D eigenvalue weighted by Gasteiger charge is 2.39. The van der Waals surface area contributed by atoms with Crippen molar-refractivity contribution in [2.75, 3.05) is 6.26 Å². The quantitative estimate of drug-likeness (QED) is 0.763. The van der Waals surface area contributed by atoms with Crippen molar-refractivity contribution in [3.8, 4) is 0 Å². The van der Waals surface area contributed by atoms with Crippen molar-refractivity contribution < 1.29 is 21.4 Å². The zero-order valence-electron chi connectivity index (χ0n) is 13.9. The summed E-state index contributed by atoms with van der Waals surface area (Å²) in [5.41, 5.74) is 1.48. The molecule has 3 nitrogen and oxygen atoms in total. The van der Waals surface area contributed by atoms with Crippen LogP contribution in [0.4, 0.5) is 8.78 Å². The predicted octanol–water partition coefficient (Wildman–Crippen LogP) is 4.17. The van der Waals surface area contributed by atoms with Crippen LogP contribution in [0.25, 0.3) is 0 Å². The van der Waals surface area contributed by atoms with Crippen LogP contribution in [0.2, 0.25) is 0 Å². The van der Waals surface area contributed by atoms with Crippen molar-refractivity contribution in [1.29, 1.82) is 0 Å². The largest absolute Gasteiger partial charge is 0.267 e. The highest BCUT2D eigenvalue weighted by Crippen LogP contribution is 2.45. The molecule has 0 amide bonds. The first-order chi connectivity index (χ1) is 11.8. The number of halogens is 2. The van der Waals surface area contributed by atoms with Gasteiger partial charge in [0.2, 0.25) is 0 Å². The molecule has 0 aromatic heterocycles. The maximum atomic E-state index is 13.3. The Kier molecular flexibility index (Phi) is 4.93. The standard InChI is InChI=1S/C19H20F2O3S/c1-25(22,23)24-18-10-12-19(13-11-18,14-2-6-16(20)7-3-14)15-4-8-17(21)9-5-15/h2-9,18H,10-13H2,1H3. The van der Waals surface area contributed by atoms with Gasteiger partial charge in [0.1, 0.15) is 11.6 Å². The van der Waals surface area contributed by atoms with Crippen LogP contribution in [-0.2, 0) is 19.7 Å². The lowest BCUT2D eigenvalue weighted by molar-refractivity contribution is 0.135. The zero-order chi connectivity index (χ0) is 18.1. The fourth-order valence-electron chi connectivity index (χ4n) is 3.71. The van der Waals surface area contributed by atoms with Gasteiger partial charge in [-0.25, -0.2) is 8.78 Å². The summed E-state index contributed by atoms with van der Waals surface area (Å²) in [6, 6.07) is 12.7. The van der Waals surface area contributed by atoms with E-state index in [1.165, 1.54) is 24.3 Å². The van der Waals surface area contributed by atoms with Crippen LogP contribution in [-0.4, -0.2) is 20.8 Å². The van der Waals surface area contributed by atoms with Crippen LogP contribution < -0.4 is 0 Å². The zero-order valence-corrected chi connectivity index (χ0v) is 14.7. The van der Waals surface area contributed by atoms with Crippen molar-refractivity contribution in [2.45, 2.75) is 37.2 Å². The van der Waals surface area contributed by atoms with Crippen LogP contribution in [0.3, 0.4) is 0 Å². The molecule has 0 bridgehead atoms. The van der Waals surface area contributed by atoms with E-state index >= 15 is 0 Å². The van der Waals surface area contributed by atoms with Gasteiger partial charge in [-0.05, 0) is 61.1 Å². The third-order valence-electron chi connectivity index (χ3n) is 4.89. The molecule has 25 heavy (non-hydrogen) atoms. The van der Waals surface area contributed by atoms with Crippen molar-refractivity contribution in [1.82, 2.24) is 0 Å². The molecule has 2 aromatic rings. The third kappa shape index (κ3) is 4.07. The first kappa shape index (κ1) is 18.0. The van der Waals surface area contributed by atoms with Crippen LogP contribution in [0.1, 0.15) is 36.8 Å². The summed E-state index contributed by atoms with van der Waals surface area (Å²) in [6.45, 7) is 0. The van der Waals surface area contributed by atoms with E-state index < -0.39 is 15.5 Å². The number of hydrogen-bond donors (Lipinski definition) is 0. The molecule has 1 fully saturated rings. The molecule has 0 N–H and O–H groups in total. The molecular formula is C19H20F2O3S. The summed E-state index contributed by atoms with van der Waals surface area (Å²) in [5, 5.41) is 0. The molecule has 0 heterocycles. The highest BCUT2D eigenvalue weighted by atomic mass is 32.2. The Hall–Kier alpha value is -1.79. The summed E-state index contributed by atoms with van der Waals surface area (Å²) in [7, 11) is -3.50. The Bertz CT molecular complexity index is 774. The molecule has 0 atom stereocenters. The average molecular weight is 366 g/mol. The topological polar surface area (TPSA) is 43.4 Å². The van der Waals surface area contributed by atoms with E-state index in [2.05, 4.69) is 0 Å². The van der Waals surface area contributed by atoms with Crippen molar-refractivity contribution in [3.05, 3.63) is 71.3 Å². The maximum Gasteiger partial charge on any atom is 0.264 e. The van der Waals surface area contributed by atoms with Gasteiger partial charge in [-0.2, -0.15) is 8.42 Å². The van der Waals surface area contributed by atoms with Gasteiger partial charge in [-0.15, -0.1) is 0 Å². The van der Waals surface area contributed by atoms with E-state index in [0.29, 0.717) is 25.7 Å². The highest BCUT2D eigenvalue weighted by molar-refractivity contribution is 7.86. The third-order valence-corrected chi connectivity index (χ3v) is 5.51. The van der Waals surface area contributed by atoms with E-state index in [1.807, 2.05) is 0 Å². The molecule has 2 aromatic carbocycles. The monoisotopic (exact) mass is 366 g/mol. The number of hydrogen-bond acceptors (Lipinski definition) is 3. The lowest BCUT2D eigenvalue weighted by Gasteiger charge is -2.41. The Morgan fingerprint density at radius 3 is 1.64 bits per heavy atom. The number of benzene rings is 2. The summed E-state index contributed by atoms with van der Waals surface area (Å²) in [5.74, 6) is -0.626. The molecule has 1 aliphatic carbocycles. The van der Waals surface area contributed by atoms with Crippen LogP contribution in [0.5, 0.6) is 0 Å². The molecule has 0 radical (unpaired) electrons. The molecule has 6 heteroatoms. The number of rotatable bonds is 4. The van der Waals surface area contributed by atoms with E-state index in [1.54, 1.807) is 24.3 Å². The minimum atomic E-state index is -3.50. The fraction of sp³-hybridized carbons (Fsp3) is 0.368. The minimum absolute atomic E-state index is 0.313. The first-order valence-electron chi connectivity index (χ1n) is 8.19. The molecule has 134 valence electrons. The molecule has 0 unspecified atom stereocenters. The van der Waals surface area contributed by atoms with Crippen LogP contribution in [0.15, 0.2) is 48.5 Å². The second-order valence-electron chi connectivity index (χ2n) is 6.60. The SMILES string of the molecule is CS(=O)(=O)OC1CCC(c2ccc(F)cc2)(c2ccc(F)cc2)CC1. The van der Waals surface area contributed by atoms with Gasteiger partial charge < -0.3 is 0 Å².